The Morgan fingerprint density at radius 3 is 2.67 bits per heavy atom. The number of carbonyl (C=O) groups is 1. The van der Waals surface area contributed by atoms with Gasteiger partial charge in [-0.05, 0) is 22.4 Å². The molecule has 1 aromatic heterocycles. The van der Waals surface area contributed by atoms with Crippen LogP contribution in [-0.2, 0) is 9.57 Å². The van der Waals surface area contributed by atoms with Crippen molar-refractivity contribution in [2.24, 2.45) is 5.16 Å². The molecule has 2 heterocycles. The highest BCUT2D eigenvalue weighted by Gasteiger charge is 2.24. The van der Waals surface area contributed by atoms with E-state index in [0.29, 0.717) is 32.0 Å². The molecule has 10 nitrogen and oxygen atoms in total. The number of carbonyl (C=O) groups excluding carboxylic acids is 1. The molecule has 0 aliphatic carbocycles. The number of nitrogen functional groups attached to an aromatic ring is 1. The first kappa shape index (κ1) is 15.7. The second-order valence-electron chi connectivity index (χ2n) is 4.88. The molecule has 0 spiro atoms. The van der Waals surface area contributed by atoms with Crippen molar-refractivity contribution in [1.82, 2.24) is 15.2 Å². The van der Waals surface area contributed by atoms with Gasteiger partial charge in [-0.15, -0.1) is 0 Å². The monoisotopic (exact) mass is 332 g/mol. The highest BCUT2D eigenvalue weighted by atomic mass is 16.7. The fourth-order valence-electron chi connectivity index (χ4n) is 2.12. The molecule has 2 aromatic rings. The Bertz CT molecular complexity index is 711. The summed E-state index contributed by atoms with van der Waals surface area (Å²) in [5, 5.41) is 13.7. The molecule has 3 N–H and O–H groups in total. The lowest BCUT2D eigenvalue weighted by Gasteiger charge is -2.28. The van der Waals surface area contributed by atoms with Crippen molar-refractivity contribution in [2.45, 2.75) is 0 Å². The number of morpholine rings is 1. The van der Waals surface area contributed by atoms with Crippen molar-refractivity contribution >= 4 is 23.4 Å². The van der Waals surface area contributed by atoms with Gasteiger partial charge < -0.3 is 15.4 Å². The highest BCUT2D eigenvalue weighted by Crippen LogP contribution is 2.12. The third-order valence-corrected chi connectivity index (χ3v) is 3.27. The number of nitrogens with one attached hydrogen (secondary N) is 1. The van der Waals surface area contributed by atoms with E-state index in [1.54, 1.807) is 24.3 Å². The highest BCUT2D eigenvalue weighted by molar-refractivity contribution is 6.00. The maximum absolute atomic E-state index is 11.9. The molecule has 24 heavy (non-hydrogen) atoms. The maximum Gasteiger partial charge on any atom is 0.437 e. The summed E-state index contributed by atoms with van der Waals surface area (Å²) < 4.78 is 9.89. The number of oxime groups is 1. The predicted molar refractivity (Wildman–Crippen MR) is 84.2 cm³/mol. The van der Waals surface area contributed by atoms with Gasteiger partial charge in [-0.3, -0.25) is 10.2 Å². The van der Waals surface area contributed by atoms with Crippen molar-refractivity contribution in [2.75, 3.05) is 37.4 Å². The summed E-state index contributed by atoms with van der Waals surface area (Å²) >= 11 is 0. The predicted octanol–water partition coefficient (Wildman–Crippen LogP) is 0.894. The number of aromatic nitrogens is 2. The first-order chi connectivity index (χ1) is 11.7. The SMILES string of the molecule is Nc1nonc1/C(=N/OC(=O)Nc1ccccc1)N1CCOCC1. The zero-order valence-electron chi connectivity index (χ0n) is 12.7. The largest absolute Gasteiger partial charge is 0.437 e. The number of para-hydroxylation sites is 1. The quantitative estimate of drug-likeness (QED) is 0.367. The topological polar surface area (TPSA) is 128 Å². The van der Waals surface area contributed by atoms with Crippen LogP contribution in [0, 0.1) is 0 Å². The molecule has 1 aliphatic rings. The number of nitrogens with zero attached hydrogens (tertiary/aromatic N) is 4. The number of ether oxygens (including phenoxy) is 1. The van der Waals surface area contributed by atoms with E-state index in [-0.39, 0.29) is 17.3 Å². The molecule has 0 unspecified atom stereocenters. The second-order valence-corrected chi connectivity index (χ2v) is 4.88. The summed E-state index contributed by atoms with van der Waals surface area (Å²) in [6.07, 6.45) is -0.734. The molecule has 126 valence electrons. The first-order valence-electron chi connectivity index (χ1n) is 7.26. The number of hydrogen-bond donors (Lipinski definition) is 2. The zero-order chi connectivity index (χ0) is 16.8. The van der Waals surface area contributed by atoms with Gasteiger partial charge in [0.1, 0.15) is 0 Å². The summed E-state index contributed by atoms with van der Waals surface area (Å²) in [6.45, 7) is 2.13. The van der Waals surface area contributed by atoms with Crippen LogP contribution < -0.4 is 11.1 Å². The number of benzene rings is 1. The molecular formula is C14H16N6O4. The average Bonchev–Trinajstić information content (AvgIpc) is 3.03. The molecule has 10 heteroatoms. The van der Waals surface area contributed by atoms with Gasteiger partial charge in [0.2, 0.25) is 5.84 Å². The Labute approximate surface area is 137 Å². The molecule has 0 radical (unpaired) electrons. The van der Waals surface area contributed by atoms with Gasteiger partial charge in [0.15, 0.2) is 11.5 Å². The van der Waals surface area contributed by atoms with Crippen LogP contribution in [-0.4, -0.2) is 53.4 Å². The van der Waals surface area contributed by atoms with Crippen LogP contribution in [0.15, 0.2) is 40.1 Å². The van der Waals surface area contributed by atoms with Crippen molar-refractivity contribution < 1.29 is 19.0 Å². The van der Waals surface area contributed by atoms with E-state index in [1.807, 2.05) is 11.0 Å². The van der Waals surface area contributed by atoms with Crippen LogP contribution in [0.4, 0.5) is 16.3 Å². The van der Waals surface area contributed by atoms with Crippen molar-refractivity contribution in [3.63, 3.8) is 0 Å². The molecular weight excluding hydrogens is 316 g/mol. The Morgan fingerprint density at radius 1 is 1.25 bits per heavy atom. The standard InChI is InChI=1S/C14H16N6O4/c15-12-11(17-24-18-12)13(20-6-8-22-9-7-20)19-23-14(21)16-10-4-2-1-3-5-10/h1-5H,6-9H2,(H2,15,18)(H,16,21)/b19-13-. The number of hydrogen-bond acceptors (Lipinski definition) is 8. The van der Waals surface area contributed by atoms with E-state index < -0.39 is 6.09 Å². The third-order valence-electron chi connectivity index (χ3n) is 3.27. The smallest absolute Gasteiger partial charge is 0.379 e. The summed E-state index contributed by atoms with van der Waals surface area (Å²) in [5.41, 5.74) is 6.52. The van der Waals surface area contributed by atoms with Crippen molar-refractivity contribution in [1.29, 1.82) is 0 Å². The summed E-state index contributed by atoms with van der Waals surface area (Å²) in [4.78, 5) is 18.6. The van der Waals surface area contributed by atoms with Crippen LogP contribution in [0.3, 0.4) is 0 Å². The number of rotatable bonds is 3. The van der Waals surface area contributed by atoms with E-state index in [0.717, 1.165) is 0 Å². The van der Waals surface area contributed by atoms with Crippen LogP contribution in [0.5, 0.6) is 0 Å². The third kappa shape index (κ3) is 3.79. The van der Waals surface area contributed by atoms with Gasteiger partial charge in [0.25, 0.3) is 0 Å². The first-order valence-corrected chi connectivity index (χ1v) is 7.26. The summed E-state index contributed by atoms with van der Waals surface area (Å²) in [7, 11) is 0. The number of anilines is 2. The van der Waals surface area contributed by atoms with Gasteiger partial charge >= 0.3 is 6.09 Å². The zero-order valence-corrected chi connectivity index (χ0v) is 12.7. The molecule has 1 aliphatic heterocycles. The number of amidine groups is 1. The van der Waals surface area contributed by atoms with E-state index >= 15 is 0 Å². The van der Waals surface area contributed by atoms with Gasteiger partial charge in [-0.1, -0.05) is 23.4 Å². The molecule has 1 amide bonds. The van der Waals surface area contributed by atoms with Crippen LogP contribution in [0.2, 0.25) is 0 Å². The number of amides is 1. The van der Waals surface area contributed by atoms with Gasteiger partial charge in [0, 0.05) is 18.8 Å². The van der Waals surface area contributed by atoms with Crippen LogP contribution >= 0.6 is 0 Å². The van der Waals surface area contributed by atoms with Crippen LogP contribution in [0.25, 0.3) is 0 Å². The van der Waals surface area contributed by atoms with Gasteiger partial charge in [-0.2, -0.15) is 0 Å². The summed E-state index contributed by atoms with van der Waals surface area (Å²) in [6, 6.07) is 8.88. The fraction of sp³-hybridized carbons (Fsp3) is 0.286. The van der Waals surface area contributed by atoms with Crippen LogP contribution in [0.1, 0.15) is 5.69 Å². The minimum Gasteiger partial charge on any atom is -0.379 e. The van der Waals surface area contributed by atoms with E-state index in [2.05, 4.69) is 25.4 Å². The minimum absolute atomic E-state index is 0.0623. The lowest BCUT2D eigenvalue weighted by atomic mass is 10.3. The maximum atomic E-state index is 11.9. The molecule has 1 fully saturated rings. The molecule has 3 rings (SSSR count). The number of nitrogens with two attached hydrogens (primary N) is 1. The molecule has 1 saturated heterocycles. The molecule has 0 bridgehead atoms. The van der Waals surface area contributed by atoms with Crippen molar-refractivity contribution in [3.8, 4) is 0 Å². The minimum atomic E-state index is -0.734. The van der Waals surface area contributed by atoms with E-state index in [4.69, 9.17) is 15.3 Å². The normalized spacial score (nSPS) is 15.2. The molecule has 0 saturated carbocycles. The van der Waals surface area contributed by atoms with Gasteiger partial charge in [-0.25, -0.2) is 9.42 Å². The Balaban J connectivity index is 1.73. The van der Waals surface area contributed by atoms with Gasteiger partial charge in [0.05, 0.1) is 13.2 Å². The summed E-state index contributed by atoms with van der Waals surface area (Å²) in [5.74, 6) is 0.326. The Morgan fingerprint density at radius 2 is 2.00 bits per heavy atom. The molecule has 0 atom stereocenters. The molecule has 1 aromatic carbocycles. The van der Waals surface area contributed by atoms with Crippen molar-refractivity contribution in [3.05, 3.63) is 36.0 Å². The second kappa shape index (κ2) is 7.42. The average molecular weight is 332 g/mol. The van der Waals surface area contributed by atoms with E-state index in [9.17, 15) is 4.79 Å². The fourth-order valence-corrected chi connectivity index (χ4v) is 2.12. The lowest BCUT2D eigenvalue weighted by molar-refractivity contribution is 0.0662. The lowest BCUT2D eigenvalue weighted by Crippen LogP contribution is -2.41. The Hall–Kier alpha value is -3.14. The van der Waals surface area contributed by atoms with E-state index in [1.165, 1.54) is 0 Å². The Kier molecular flexibility index (Phi) is 4.87.